The van der Waals surface area contributed by atoms with Crippen LogP contribution in [0.3, 0.4) is 0 Å². The molecule has 0 aromatic carbocycles. The number of nitrogens with zero attached hydrogens (tertiary/aromatic N) is 1. The summed E-state index contributed by atoms with van der Waals surface area (Å²) in [7, 11) is 0. The van der Waals surface area contributed by atoms with Crippen LogP contribution in [0.25, 0.3) is 0 Å². The number of hydrogen-bond donors (Lipinski definition) is 1. The molecule has 0 saturated carbocycles. The molecule has 0 radical (unpaired) electrons. The minimum absolute atomic E-state index is 0.386. The van der Waals surface area contributed by atoms with Crippen LogP contribution in [0.2, 0.25) is 0 Å². The van der Waals surface area contributed by atoms with Crippen molar-refractivity contribution in [3.8, 4) is 0 Å². The van der Waals surface area contributed by atoms with E-state index in [9.17, 15) is 0 Å². The molecule has 0 aromatic rings. The monoisotopic (exact) mass is 184 g/mol. The molecule has 2 heterocycles. The summed E-state index contributed by atoms with van der Waals surface area (Å²) in [5.41, 5.74) is 0. The van der Waals surface area contributed by atoms with E-state index in [4.69, 9.17) is 5.41 Å². The van der Waals surface area contributed by atoms with Crippen LogP contribution in [0.4, 0.5) is 0 Å². The molecular formula is C9H16N2S. The molecule has 1 unspecified atom stereocenters. The zero-order valence-corrected chi connectivity index (χ0v) is 8.58. The zero-order valence-electron chi connectivity index (χ0n) is 7.76. The van der Waals surface area contributed by atoms with Gasteiger partial charge in [0.05, 0.1) is 11.9 Å². The second kappa shape index (κ2) is 2.66. The van der Waals surface area contributed by atoms with E-state index in [1.165, 1.54) is 12.2 Å². The lowest BCUT2D eigenvalue weighted by atomic mass is 10.0. The van der Waals surface area contributed by atoms with Crippen molar-refractivity contribution in [3.05, 3.63) is 0 Å². The first-order valence-electron chi connectivity index (χ1n) is 4.59. The molecule has 0 spiro atoms. The van der Waals surface area contributed by atoms with E-state index in [2.05, 4.69) is 18.7 Å². The average molecular weight is 184 g/mol. The Bertz CT molecular complexity index is 213. The fourth-order valence-corrected chi connectivity index (χ4v) is 3.29. The third kappa shape index (κ3) is 1.15. The van der Waals surface area contributed by atoms with E-state index < -0.39 is 0 Å². The van der Waals surface area contributed by atoms with Gasteiger partial charge in [0.2, 0.25) is 0 Å². The van der Waals surface area contributed by atoms with Gasteiger partial charge in [0.25, 0.3) is 0 Å². The van der Waals surface area contributed by atoms with Crippen LogP contribution in [-0.4, -0.2) is 33.8 Å². The number of amidine groups is 1. The second-order valence-electron chi connectivity index (χ2n) is 4.17. The molecule has 2 aliphatic rings. The van der Waals surface area contributed by atoms with Crippen LogP contribution in [0, 0.1) is 5.41 Å². The Kier molecular flexibility index (Phi) is 1.86. The largest absolute Gasteiger partial charge is 0.355 e. The third-order valence-corrected chi connectivity index (χ3v) is 4.45. The zero-order chi connectivity index (χ0) is 8.77. The Morgan fingerprint density at radius 1 is 1.58 bits per heavy atom. The Morgan fingerprint density at radius 3 is 2.67 bits per heavy atom. The van der Waals surface area contributed by atoms with Gasteiger partial charge in [-0.2, -0.15) is 11.8 Å². The molecule has 0 aromatic heterocycles. The molecule has 1 atom stereocenters. The predicted molar refractivity (Wildman–Crippen MR) is 54.0 cm³/mol. The molecule has 3 heteroatoms. The van der Waals surface area contributed by atoms with Gasteiger partial charge in [-0.1, -0.05) is 0 Å². The molecule has 68 valence electrons. The molecule has 0 bridgehead atoms. The lowest BCUT2D eigenvalue weighted by Crippen LogP contribution is -2.56. The van der Waals surface area contributed by atoms with E-state index in [0.717, 1.165) is 18.8 Å². The Morgan fingerprint density at radius 2 is 2.33 bits per heavy atom. The first kappa shape index (κ1) is 8.42. The van der Waals surface area contributed by atoms with Gasteiger partial charge in [-0.15, -0.1) is 0 Å². The summed E-state index contributed by atoms with van der Waals surface area (Å²) in [4.78, 5) is 2.30. The smallest absolute Gasteiger partial charge is 0.0961 e. The molecule has 2 nitrogen and oxygen atoms in total. The van der Waals surface area contributed by atoms with Crippen molar-refractivity contribution in [2.75, 3.05) is 12.3 Å². The van der Waals surface area contributed by atoms with Crippen LogP contribution in [0.5, 0.6) is 0 Å². The minimum Gasteiger partial charge on any atom is -0.355 e. The lowest BCUT2D eigenvalue weighted by molar-refractivity contribution is 0.289. The molecule has 12 heavy (non-hydrogen) atoms. The van der Waals surface area contributed by atoms with Gasteiger partial charge in [-0.25, -0.2) is 0 Å². The van der Waals surface area contributed by atoms with Crippen LogP contribution in [0.15, 0.2) is 0 Å². The summed E-state index contributed by atoms with van der Waals surface area (Å²) in [5.74, 6) is 2.09. The van der Waals surface area contributed by atoms with Gasteiger partial charge in [0, 0.05) is 23.5 Å². The number of nitrogens with one attached hydrogen (secondary N) is 1. The van der Waals surface area contributed by atoms with Gasteiger partial charge in [0.1, 0.15) is 0 Å². The Labute approximate surface area is 78.2 Å². The van der Waals surface area contributed by atoms with Crippen molar-refractivity contribution in [3.63, 3.8) is 0 Å². The normalized spacial score (nSPS) is 33.7. The van der Waals surface area contributed by atoms with Gasteiger partial charge < -0.3 is 4.90 Å². The van der Waals surface area contributed by atoms with Crippen molar-refractivity contribution < 1.29 is 0 Å². The molecule has 2 rings (SSSR count). The van der Waals surface area contributed by atoms with Crippen molar-refractivity contribution in [1.29, 1.82) is 5.41 Å². The highest BCUT2D eigenvalue weighted by Gasteiger charge is 2.44. The van der Waals surface area contributed by atoms with Gasteiger partial charge in [0.15, 0.2) is 0 Å². The maximum absolute atomic E-state index is 7.77. The van der Waals surface area contributed by atoms with Gasteiger partial charge in [-0.05, 0) is 20.3 Å². The summed E-state index contributed by atoms with van der Waals surface area (Å²) in [5, 5.41) is 7.77. The summed E-state index contributed by atoms with van der Waals surface area (Å²) < 4.78 is 0.386. The molecule has 1 N–H and O–H groups in total. The van der Waals surface area contributed by atoms with E-state index in [-0.39, 0.29) is 0 Å². The fraction of sp³-hybridized carbons (Fsp3) is 0.889. The molecule has 2 aliphatic heterocycles. The lowest BCUT2D eigenvalue weighted by Gasteiger charge is -2.49. The Balaban J connectivity index is 2.05. The number of likely N-dealkylation sites (tertiary alicyclic amines) is 1. The molecule has 2 fully saturated rings. The van der Waals surface area contributed by atoms with Crippen molar-refractivity contribution in [2.24, 2.45) is 0 Å². The van der Waals surface area contributed by atoms with Crippen LogP contribution < -0.4 is 0 Å². The first-order chi connectivity index (χ1) is 5.61. The van der Waals surface area contributed by atoms with Crippen molar-refractivity contribution in [2.45, 2.75) is 37.5 Å². The van der Waals surface area contributed by atoms with Crippen LogP contribution >= 0.6 is 11.8 Å². The highest BCUT2D eigenvalue weighted by Crippen LogP contribution is 2.44. The summed E-state index contributed by atoms with van der Waals surface area (Å²) in [6, 6.07) is 0.637. The predicted octanol–water partition coefficient (Wildman–Crippen LogP) is 1.95. The molecule has 0 aliphatic carbocycles. The minimum atomic E-state index is 0.386. The van der Waals surface area contributed by atoms with E-state index in [1.807, 2.05) is 11.8 Å². The summed E-state index contributed by atoms with van der Waals surface area (Å²) in [6.45, 7) is 5.70. The summed E-state index contributed by atoms with van der Waals surface area (Å²) >= 11 is 2.02. The number of rotatable bonds is 1. The van der Waals surface area contributed by atoms with E-state index in [1.54, 1.807) is 0 Å². The molecule has 0 amide bonds. The average Bonchev–Trinajstić information content (AvgIpc) is 2.35. The quantitative estimate of drug-likeness (QED) is 0.674. The molecular weight excluding hydrogens is 168 g/mol. The Hall–Kier alpha value is -0.180. The topological polar surface area (TPSA) is 27.1 Å². The maximum Gasteiger partial charge on any atom is 0.0961 e. The van der Waals surface area contributed by atoms with Crippen molar-refractivity contribution in [1.82, 2.24) is 4.90 Å². The molecule has 2 saturated heterocycles. The highest BCUT2D eigenvalue weighted by molar-refractivity contribution is 8.02. The summed E-state index contributed by atoms with van der Waals surface area (Å²) in [6.07, 6.45) is 2.19. The van der Waals surface area contributed by atoms with Crippen LogP contribution in [0.1, 0.15) is 26.7 Å². The third-order valence-electron chi connectivity index (χ3n) is 2.95. The highest BCUT2D eigenvalue weighted by atomic mass is 32.2. The fourth-order valence-electron chi connectivity index (χ4n) is 2.00. The second-order valence-corrected chi connectivity index (χ2v) is 5.85. The van der Waals surface area contributed by atoms with Crippen molar-refractivity contribution >= 4 is 17.6 Å². The maximum atomic E-state index is 7.77. The van der Waals surface area contributed by atoms with E-state index >= 15 is 0 Å². The standard InChI is InChI=1S/C9H16N2S/c1-9(2)7(6-12-9)11-5-3-4-8(11)10/h7,10H,3-6H2,1-2H3. The van der Waals surface area contributed by atoms with Gasteiger partial charge >= 0.3 is 0 Å². The van der Waals surface area contributed by atoms with Crippen LogP contribution in [-0.2, 0) is 0 Å². The number of thioether (sulfide) groups is 1. The van der Waals surface area contributed by atoms with Gasteiger partial charge in [-0.3, -0.25) is 5.41 Å². The SMILES string of the molecule is CC1(C)SCC1N1CCCC1=N. The number of hydrogen-bond acceptors (Lipinski definition) is 2. The first-order valence-corrected chi connectivity index (χ1v) is 5.58. The van der Waals surface area contributed by atoms with E-state index in [0.29, 0.717) is 10.8 Å².